The quantitative estimate of drug-likeness (QED) is 0.704. The molecule has 1 aromatic carbocycles. The highest BCUT2D eigenvalue weighted by atomic mass is 32.1. The minimum atomic E-state index is -0.182. The zero-order valence-electron chi connectivity index (χ0n) is 16.5. The fourth-order valence-electron chi connectivity index (χ4n) is 7.12. The monoisotopic (exact) mass is 380 g/mol. The van der Waals surface area contributed by atoms with Crippen LogP contribution in [-0.4, -0.2) is 10.9 Å². The van der Waals surface area contributed by atoms with E-state index in [9.17, 15) is 4.79 Å². The number of aromatic nitrogens is 1. The summed E-state index contributed by atoms with van der Waals surface area (Å²) in [7, 11) is 0. The maximum absolute atomic E-state index is 13.4. The second-order valence-electron chi connectivity index (χ2n) is 10.3. The largest absolute Gasteiger partial charge is 0.301 e. The molecule has 1 aromatic heterocycles. The summed E-state index contributed by atoms with van der Waals surface area (Å²) < 4.78 is 0. The molecule has 4 heteroatoms. The molecule has 142 valence electrons. The normalized spacial score (nSPS) is 36.8. The first-order valence-electron chi connectivity index (χ1n) is 10.1. The molecule has 0 saturated heterocycles. The molecular weight excluding hydrogens is 352 g/mol. The molecule has 0 aliphatic heterocycles. The van der Waals surface area contributed by atoms with Crippen molar-refractivity contribution in [3.63, 3.8) is 0 Å². The smallest absolute Gasteiger partial charge is 0.232 e. The summed E-state index contributed by atoms with van der Waals surface area (Å²) in [6.45, 7) is 6.91. The van der Waals surface area contributed by atoms with E-state index in [-0.39, 0.29) is 11.3 Å². The summed E-state index contributed by atoms with van der Waals surface area (Å²) in [6.07, 6.45) is 7.09. The summed E-state index contributed by atoms with van der Waals surface area (Å²) in [5.41, 5.74) is 3.81. The lowest BCUT2D eigenvalue weighted by molar-refractivity contribution is -0.165. The third kappa shape index (κ3) is 2.93. The van der Waals surface area contributed by atoms with Crippen LogP contribution in [0.25, 0.3) is 11.3 Å². The van der Waals surface area contributed by atoms with Crippen LogP contribution in [-0.2, 0) is 4.79 Å². The number of nitrogens with one attached hydrogen (secondary N) is 1. The van der Waals surface area contributed by atoms with E-state index in [0.717, 1.165) is 41.6 Å². The molecule has 2 unspecified atom stereocenters. The van der Waals surface area contributed by atoms with E-state index in [1.807, 2.05) is 5.38 Å². The van der Waals surface area contributed by atoms with E-state index in [1.165, 1.54) is 36.2 Å². The standard InChI is InChI=1S/C23H28N2OS/c1-15-4-6-17(7-5-15)18-11-27-20(24-18)25-19(26)23-10-16-8-21(2,13-23)12-22(3,9-16)14-23/h4-7,11,16H,8-10,12-14H2,1-3H3,(H,24,25,26)/t16?,21-,22+,23?. The molecule has 2 aromatic rings. The van der Waals surface area contributed by atoms with Crippen LogP contribution in [0, 0.1) is 29.1 Å². The average Bonchev–Trinajstić information content (AvgIpc) is 3.00. The van der Waals surface area contributed by atoms with E-state index < -0.39 is 0 Å². The molecule has 4 aliphatic carbocycles. The SMILES string of the molecule is Cc1ccc(-c2csc(NC(=O)C34CC5C[C@@](C)(C3)C[C@](C)(C5)C4)n2)cc1. The number of amides is 1. The van der Waals surface area contributed by atoms with Crippen molar-refractivity contribution in [1.82, 2.24) is 4.98 Å². The molecule has 4 aliphatic rings. The average molecular weight is 381 g/mol. The first-order chi connectivity index (χ1) is 12.8. The Balaban J connectivity index is 1.37. The van der Waals surface area contributed by atoms with Gasteiger partial charge in [-0.15, -0.1) is 11.3 Å². The van der Waals surface area contributed by atoms with Gasteiger partial charge in [-0.05, 0) is 62.2 Å². The zero-order valence-corrected chi connectivity index (χ0v) is 17.3. The lowest BCUT2D eigenvalue weighted by Gasteiger charge is -2.64. The number of hydrogen-bond acceptors (Lipinski definition) is 3. The first kappa shape index (κ1) is 17.4. The summed E-state index contributed by atoms with van der Waals surface area (Å²) >= 11 is 1.54. The number of anilines is 1. The van der Waals surface area contributed by atoms with Gasteiger partial charge in [0.1, 0.15) is 0 Å². The van der Waals surface area contributed by atoms with Gasteiger partial charge in [0, 0.05) is 10.9 Å². The van der Waals surface area contributed by atoms with Crippen LogP contribution in [0.4, 0.5) is 5.13 Å². The lowest BCUT2D eigenvalue weighted by atomic mass is 9.40. The van der Waals surface area contributed by atoms with Crippen LogP contribution >= 0.6 is 11.3 Å². The molecule has 6 rings (SSSR count). The Bertz CT molecular complexity index is 881. The molecule has 0 radical (unpaired) electrons. The van der Waals surface area contributed by atoms with Crippen molar-refractivity contribution >= 4 is 22.4 Å². The van der Waals surface area contributed by atoms with Gasteiger partial charge in [0.05, 0.1) is 11.1 Å². The maximum atomic E-state index is 13.4. The molecule has 4 saturated carbocycles. The number of nitrogens with zero attached hydrogens (tertiary/aromatic N) is 1. The highest BCUT2D eigenvalue weighted by molar-refractivity contribution is 7.14. The number of aryl methyl sites for hydroxylation is 1. The number of thiazole rings is 1. The van der Waals surface area contributed by atoms with Crippen LogP contribution in [0.15, 0.2) is 29.6 Å². The van der Waals surface area contributed by atoms with Crippen molar-refractivity contribution < 1.29 is 4.79 Å². The summed E-state index contributed by atoms with van der Waals surface area (Å²) in [6, 6.07) is 8.39. The first-order valence-corrected chi connectivity index (χ1v) is 11.0. The maximum Gasteiger partial charge on any atom is 0.232 e. The minimum Gasteiger partial charge on any atom is -0.301 e. The van der Waals surface area contributed by atoms with Crippen LogP contribution < -0.4 is 5.32 Å². The second kappa shape index (κ2) is 5.66. The number of carbonyl (C=O) groups is 1. The van der Waals surface area contributed by atoms with Gasteiger partial charge < -0.3 is 5.32 Å². The van der Waals surface area contributed by atoms with E-state index in [4.69, 9.17) is 4.98 Å². The van der Waals surface area contributed by atoms with E-state index in [0.29, 0.717) is 10.8 Å². The van der Waals surface area contributed by atoms with Crippen molar-refractivity contribution in [3.05, 3.63) is 35.2 Å². The number of hydrogen-bond donors (Lipinski definition) is 1. The topological polar surface area (TPSA) is 42.0 Å². The van der Waals surface area contributed by atoms with Gasteiger partial charge in [0.2, 0.25) is 5.91 Å². The predicted molar refractivity (Wildman–Crippen MR) is 111 cm³/mol. The third-order valence-electron chi connectivity index (χ3n) is 7.18. The van der Waals surface area contributed by atoms with Crippen molar-refractivity contribution in [2.75, 3.05) is 5.32 Å². The molecular formula is C23H28N2OS. The molecule has 27 heavy (non-hydrogen) atoms. The van der Waals surface area contributed by atoms with Gasteiger partial charge in [-0.3, -0.25) is 4.79 Å². The van der Waals surface area contributed by atoms with Crippen molar-refractivity contribution in [1.29, 1.82) is 0 Å². The second-order valence-corrected chi connectivity index (χ2v) is 11.1. The van der Waals surface area contributed by atoms with Gasteiger partial charge in [-0.25, -0.2) is 4.98 Å². The number of benzene rings is 1. The van der Waals surface area contributed by atoms with Gasteiger partial charge >= 0.3 is 0 Å². The molecule has 1 N–H and O–H groups in total. The molecule has 4 bridgehead atoms. The Morgan fingerprint density at radius 2 is 1.74 bits per heavy atom. The van der Waals surface area contributed by atoms with E-state index in [2.05, 4.69) is 50.4 Å². The molecule has 3 nitrogen and oxygen atoms in total. The molecule has 1 amide bonds. The van der Waals surface area contributed by atoms with Gasteiger partial charge in [0.15, 0.2) is 5.13 Å². The van der Waals surface area contributed by atoms with Gasteiger partial charge in [-0.2, -0.15) is 0 Å². The Kier molecular flexibility index (Phi) is 3.65. The van der Waals surface area contributed by atoms with Crippen molar-refractivity contribution in [3.8, 4) is 11.3 Å². The Morgan fingerprint density at radius 3 is 2.37 bits per heavy atom. The molecule has 4 atom stereocenters. The minimum absolute atomic E-state index is 0.182. The van der Waals surface area contributed by atoms with Gasteiger partial charge in [-0.1, -0.05) is 43.7 Å². The van der Waals surface area contributed by atoms with Crippen LogP contribution in [0.5, 0.6) is 0 Å². The van der Waals surface area contributed by atoms with E-state index >= 15 is 0 Å². The number of carbonyl (C=O) groups excluding carboxylic acids is 1. The van der Waals surface area contributed by atoms with E-state index in [1.54, 1.807) is 0 Å². The lowest BCUT2D eigenvalue weighted by Crippen LogP contribution is -2.58. The summed E-state index contributed by atoms with van der Waals surface area (Å²) in [4.78, 5) is 18.1. The highest BCUT2D eigenvalue weighted by Crippen LogP contribution is 2.69. The number of rotatable bonds is 3. The van der Waals surface area contributed by atoms with Crippen LogP contribution in [0.2, 0.25) is 0 Å². The van der Waals surface area contributed by atoms with Crippen molar-refractivity contribution in [2.45, 2.75) is 59.3 Å². The summed E-state index contributed by atoms with van der Waals surface area (Å²) in [5.74, 6) is 0.940. The Morgan fingerprint density at radius 1 is 1.07 bits per heavy atom. The molecule has 4 fully saturated rings. The predicted octanol–water partition coefficient (Wildman–Crippen LogP) is 6.05. The van der Waals surface area contributed by atoms with Gasteiger partial charge in [0.25, 0.3) is 0 Å². The summed E-state index contributed by atoms with van der Waals surface area (Å²) in [5, 5.41) is 5.99. The van der Waals surface area contributed by atoms with Crippen LogP contribution in [0.1, 0.15) is 57.9 Å². The fraction of sp³-hybridized carbons (Fsp3) is 0.565. The zero-order chi connectivity index (χ0) is 18.9. The van der Waals surface area contributed by atoms with Crippen molar-refractivity contribution in [2.24, 2.45) is 22.2 Å². The fourth-order valence-corrected chi connectivity index (χ4v) is 7.83. The Hall–Kier alpha value is -1.68. The Labute approximate surface area is 165 Å². The van der Waals surface area contributed by atoms with Crippen LogP contribution in [0.3, 0.4) is 0 Å². The third-order valence-corrected chi connectivity index (χ3v) is 7.94. The highest BCUT2D eigenvalue weighted by Gasteiger charge is 2.62. The molecule has 0 spiro atoms. The molecule has 1 heterocycles.